The Morgan fingerprint density at radius 2 is 2.19 bits per heavy atom. The molecule has 1 aromatic heterocycles. The quantitative estimate of drug-likeness (QED) is 0.592. The van der Waals surface area contributed by atoms with E-state index in [0.717, 1.165) is 0 Å². The van der Waals surface area contributed by atoms with Crippen LogP contribution in [0.1, 0.15) is 5.69 Å². The third kappa shape index (κ3) is 2.72. The van der Waals surface area contributed by atoms with Crippen LogP contribution in [0, 0.1) is 17.0 Å². The molecule has 0 spiro atoms. The molecule has 0 atom stereocenters. The van der Waals surface area contributed by atoms with Crippen molar-refractivity contribution in [3.8, 4) is 0 Å². The standard InChI is InChI=1S/C7H9F2N5O2/c1-3-5(14(15)16)6(11-2-4(8)9)13-7(10)12-3/h4H,2H2,1H3,(H3,10,11,12,13). The lowest BCUT2D eigenvalue weighted by atomic mass is 10.3. The second-order valence-corrected chi connectivity index (χ2v) is 2.89. The molecule has 0 unspecified atom stereocenters. The van der Waals surface area contributed by atoms with Crippen molar-refractivity contribution in [3.05, 3.63) is 15.8 Å². The number of aromatic nitrogens is 2. The first kappa shape index (κ1) is 12.0. The van der Waals surface area contributed by atoms with Gasteiger partial charge in [-0.05, 0) is 6.92 Å². The summed E-state index contributed by atoms with van der Waals surface area (Å²) >= 11 is 0. The van der Waals surface area contributed by atoms with Gasteiger partial charge in [-0.3, -0.25) is 10.1 Å². The number of alkyl halides is 2. The van der Waals surface area contributed by atoms with Crippen LogP contribution in [0.4, 0.5) is 26.2 Å². The molecule has 0 amide bonds. The van der Waals surface area contributed by atoms with Crippen molar-refractivity contribution < 1.29 is 13.7 Å². The number of aryl methyl sites for hydroxylation is 1. The first-order chi connectivity index (χ1) is 7.41. The monoisotopic (exact) mass is 233 g/mol. The van der Waals surface area contributed by atoms with E-state index in [2.05, 4.69) is 15.3 Å². The van der Waals surface area contributed by atoms with Crippen LogP contribution in [0.3, 0.4) is 0 Å². The molecule has 7 nitrogen and oxygen atoms in total. The average molecular weight is 233 g/mol. The number of nitro groups is 1. The summed E-state index contributed by atoms with van der Waals surface area (Å²) in [5.41, 5.74) is 4.84. The Balaban J connectivity index is 3.09. The zero-order valence-corrected chi connectivity index (χ0v) is 8.28. The van der Waals surface area contributed by atoms with Crippen LogP contribution >= 0.6 is 0 Å². The number of nitrogen functional groups attached to an aromatic ring is 1. The number of nitrogens with one attached hydrogen (secondary N) is 1. The van der Waals surface area contributed by atoms with Crippen LogP contribution in [0.25, 0.3) is 0 Å². The number of hydrogen-bond acceptors (Lipinski definition) is 6. The zero-order valence-electron chi connectivity index (χ0n) is 8.28. The highest BCUT2D eigenvalue weighted by molar-refractivity contribution is 5.60. The van der Waals surface area contributed by atoms with Gasteiger partial charge in [0.2, 0.25) is 11.8 Å². The Kier molecular flexibility index (Phi) is 3.48. The molecule has 3 N–H and O–H groups in total. The molecule has 0 aliphatic heterocycles. The molecule has 1 heterocycles. The molecule has 16 heavy (non-hydrogen) atoms. The van der Waals surface area contributed by atoms with Gasteiger partial charge in [-0.1, -0.05) is 0 Å². The van der Waals surface area contributed by atoms with Gasteiger partial charge in [0, 0.05) is 0 Å². The smallest absolute Gasteiger partial charge is 0.332 e. The molecule has 88 valence electrons. The lowest BCUT2D eigenvalue weighted by molar-refractivity contribution is -0.385. The highest BCUT2D eigenvalue weighted by atomic mass is 19.3. The molecule has 0 fully saturated rings. The molecule has 0 aliphatic carbocycles. The summed E-state index contributed by atoms with van der Waals surface area (Å²) < 4.78 is 23.9. The summed E-state index contributed by atoms with van der Waals surface area (Å²) in [6.07, 6.45) is -2.64. The Labute approximate surface area is 88.8 Å². The second kappa shape index (κ2) is 4.64. The van der Waals surface area contributed by atoms with E-state index < -0.39 is 23.6 Å². The number of anilines is 2. The Bertz CT molecular complexity index is 412. The zero-order chi connectivity index (χ0) is 12.3. The fourth-order valence-electron chi connectivity index (χ4n) is 1.10. The highest BCUT2D eigenvalue weighted by Gasteiger charge is 2.21. The first-order valence-corrected chi connectivity index (χ1v) is 4.22. The van der Waals surface area contributed by atoms with Crippen molar-refractivity contribution in [2.45, 2.75) is 13.3 Å². The van der Waals surface area contributed by atoms with E-state index in [4.69, 9.17) is 5.73 Å². The maximum Gasteiger partial charge on any atom is 0.332 e. The van der Waals surface area contributed by atoms with Crippen molar-refractivity contribution in [2.75, 3.05) is 17.6 Å². The van der Waals surface area contributed by atoms with Gasteiger partial charge in [-0.25, -0.2) is 13.8 Å². The topological polar surface area (TPSA) is 107 Å². The number of hydrogen-bond donors (Lipinski definition) is 2. The lowest BCUT2D eigenvalue weighted by Crippen LogP contribution is -2.14. The van der Waals surface area contributed by atoms with E-state index in [-0.39, 0.29) is 17.5 Å². The molecule has 1 aromatic rings. The Morgan fingerprint density at radius 3 is 2.69 bits per heavy atom. The summed E-state index contributed by atoms with van der Waals surface area (Å²) in [5, 5.41) is 12.8. The van der Waals surface area contributed by atoms with Crippen LogP contribution in [0.5, 0.6) is 0 Å². The second-order valence-electron chi connectivity index (χ2n) is 2.89. The fraction of sp³-hybridized carbons (Fsp3) is 0.429. The summed E-state index contributed by atoms with van der Waals surface area (Å²) in [5.74, 6) is -0.504. The van der Waals surface area contributed by atoms with Crippen LogP contribution in [0.2, 0.25) is 0 Å². The Morgan fingerprint density at radius 1 is 1.56 bits per heavy atom. The highest BCUT2D eigenvalue weighted by Crippen LogP contribution is 2.25. The minimum absolute atomic E-state index is 0.0225. The van der Waals surface area contributed by atoms with Gasteiger partial charge in [0.15, 0.2) is 0 Å². The van der Waals surface area contributed by atoms with Gasteiger partial charge in [0.1, 0.15) is 5.69 Å². The lowest BCUT2D eigenvalue weighted by Gasteiger charge is -2.07. The third-order valence-electron chi connectivity index (χ3n) is 1.68. The fourth-order valence-corrected chi connectivity index (χ4v) is 1.10. The minimum atomic E-state index is -2.64. The van der Waals surface area contributed by atoms with Gasteiger partial charge in [-0.15, -0.1) is 0 Å². The third-order valence-corrected chi connectivity index (χ3v) is 1.68. The van der Waals surface area contributed by atoms with Crippen LogP contribution in [-0.4, -0.2) is 27.9 Å². The average Bonchev–Trinajstić information content (AvgIpc) is 2.12. The summed E-state index contributed by atoms with van der Waals surface area (Å²) in [6.45, 7) is 0.612. The largest absolute Gasteiger partial charge is 0.368 e. The van der Waals surface area contributed by atoms with Crippen LogP contribution in [0.15, 0.2) is 0 Å². The summed E-state index contributed by atoms with van der Waals surface area (Å²) in [7, 11) is 0. The predicted octanol–water partition coefficient (Wildman–Crippen LogP) is 0.952. The molecule has 0 saturated heterocycles. The normalized spacial score (nSPS) is 10.5. The molecule has 1 rings (SSSR count). The van der Waals surface area contributed by atoms with E-state index in [9.17, 15) is 18.9 Å². The molecule has 0 radical (unpaired) electrons. The van der Waals surface area contributed by atoms with Crippen molar-refractivity contribution in [1.82, 2.24) is 9.97 Å². The van der Waals surface area contributed by atoms with E-state index >= 15 is 0 Å². The molecular formula is C7H9F2N5O2. The van der Waals surface area contributed by atoms with E-state index in [1.54, 1.807) is 0 Å². The summed E-state index contributed by atoms with van der Waals surface area (Å²) in [6, 6.07) is 0. The van der Waals surface area contributed by atoms with Gasteiger partial charge < -0.3 is 11.1 Å². The number of nitrogens with zero attached hydrogens (tertiary/aromatic N) is 3. The molecule has 0 saturated carbocycles. The van der Waals surface area contributed by atoms with Crippen molar-refractivity contribution in [2.24, 2.45) is 0 Å². The Hall–Kier alpha value is -2.06. The van der Waals surface area contributed by atoms with Gasteiger partial charge >= 0.3 is 5.69 Å². The number of halogens is 2. The number of nitrogens with two attached hydrogens (primary N) is 1. The molecule has 9 heteroatoms. The first-order valence-electron chi connectivity index (χ1n) is 4.22. The van der Waals surface area contributed by atoms with Crippen LogP contribution < -0.4 is 11.1 Å². The maximum absolute atomic E-state index is 11.9. The summed E-state index contributed by atoms with van der Waals surface area (Å²) in [4.78, 5) is 17.0. The van der Waals surface area contributed by atoms with Gasteiger partial charge in [-0.2, -0.15) is 4.98 Å². The number of rotatable bonds is 4. The molecule has 0 bridgehead atoms. The minimum Gasteiger partial charge on any atom is -0.368 e. The van der Waals surface area contributed by atoms with Gasteiger partial charge in [0.05, 0.1) is 11.5 Å². The van der Waals surface area contributed by atoms with Gasteiger partial charge in [0.25, 0.3) is 6.43 Å². The molecule has 0 aliphatic rings. The van der Waals surface area contributed by atoms with E-state index in [1.165, 1.54) is 6.92 Å². The van der Waals surface area contributed by atoms with Crippen LogP contribution in [-0.2, 0) is 0 Å². The van der Waals surface area contributed by atoms with Crippen molar-refractivity contribution >= 4 is 17.5 Å². The van der Waals surface area contributed by atoms with Crippen molar-refractivity contribution in [1.29, 1.82) is 0 Å². The van der Waals surface area contributed by atoms with Crippen molar-refractivity contribution in [3.63, 3.8) is 0 Å². The van der Waals surface area contributed by atoms with E-state index in [1.807, 2.05) is 0 Å². The molecular weight excluding hydrogens is 224 g/mol. The predicted molar refractivity (Wildman–Crippen MR) is 52.3 cm³/mol. The van der Waals surface area contributed by atoms with E-state index in [0.29, 0.717) is 0 Å². The SMILES string of the molecule is Cc1nc(N)nc(NCC(F)F)c1[N+](=O)[O-]. The maximum atomic E-state index is 11.9. The molecule has 0 aromatic carbocycles.